The first-order chi connectivity index (χ1) is 9.65. The van der Waals surface area contributed by atoms with Gasteiger partial charge in [0.2, 0.25) is 0 Å². The summed E-state index contributed by atoms with van der Waals surface area (Å²) in [4.78, 5) is 3.68. The number of hydrogen-bond acceptors (Lipinski definition) is 3. The van der Waals surface area contributed by atoms with E-state index in [9.17, 15) is 0 Å². The Balaban J connectivity index is 1.79. The summed E-state index contributed by atoms with van der Waals surface area (Å²) in [5, 5.41) is 0. The Kier molecular flexibility index (Phi) is 3.94. The van der Waals surface area contributed by atoms with E-state index in [4.69, 9.17) is 5.73 Å². The summed E-state index contributed by atoms with van der Waals surface area (Å²) in [6, 6.07) is 14.8. The Morgan fingerprint density at radius 3 is 2.90 bits per heavy atom. The summed E-state index contributed by atoms with van der Waals surface area (Å²) in [5.41, 5.74) is 9.51. The first kappa shape index (κ1) is 13.8. The zero-order valence-corrected chi connectivity index (χ0v) is 13.7. The van der Waals surface area contributed by atoms with Gasteiger partial charge in [-0.05, 0) is 29.8 Å². The molecule has 2 nitrogen and oxygen atoms in total. The van der Waals surface area contributed by atoms with Crippen LogP contribution in [0.25, 0.3) is 0 Å². The lowest BCUT2D eigenvalue weighted by atomic mass is 10.0. The summed E-state index contributed by atoms with van der Waals surface area (Å²) < 4.78 is 1.02. The molecule has 0 amide bonds. The van der Waals surface area contributed by atoms with Gasteiger partial charge in [0, 0.05) is 34.6 Å². The molecule has 0 bridgehead atoms. The van der Waals surface area contributed by atoms with E-state index in [0.29, 0.717) is 5.92 Å². The maximum atomic E-state index is 6.11. The number of hydrogen-bond donors (Lipinski definition) is 1. The third kappa shape index (κ3) is 2.67. The van der Waals surface area contributed by atoms with Gasteiger partial charge in [0.05, 0.1) is 11.4 Å². The van der Waals surface area contributed by atoms with E-state index in [1.54, 1.807) is 0 Å². The van der Waals surface area contributed by atoms with Crippen LogP contribution < -0.4 is 10.6 Å². The van der Waals surface area contributed by atoms with Crippen LogP contribution >= 0.6 is 27.7 Å². The first-order valence-electron chi connectivity index (χ1n) is 6.63. The molecule has 0 aromatic heterocycles. The smallest absolute Gasteiger partial charge is 0.0598 e. The molecule has 20 heavy (non-hydrogen) atoms. The fourth-order valence-electron chi connectivity index (χ4n) is 2.68. The SMILES string of the molecule is CN(CC1CSc2ccccc21)c1ccc(Br)cc1N. The molecule has 0 fully saturated rings. The van der Waals surface area contributed by atoms with E-state index >= 15 is 0 Å². The molecule has 1 unspecified atom stereocenters. The Morgan fingerprint density at radius 1 is 1.30 bits per heavy atom. The minimum atomic E-state index is 0.573. The second-order valence-electron chi connectivity index (χ2n) is 5.13. The number of nitrogen functional groups attached to an aromatic ring is 1. The average Bonchev–Trinajstić information content (AvgIpc) is 2.82. The molecular formula is C16H17BrN2S. The number of benzene rings is 2. The minimum Gasteiger partial charge on any atom is -0.397 e. The molecule has 2 aromatic rings. The van der Waals surface area contributed by atoms with Crippen molar-refractivity contribution in [2.75, 3.05) is 30.0 Å². The lowest BCUT2D eigenvalue weighted by Gasteiger charge is -2.25. The highest BCUT2D eigenvalue weighted by molar-refractivity contribution is 9.10. The molecule has 1 aliphatic rings. The Morgan fingerprint density at radius 2 is 2.10 bits per heavy atom. The minimum absolute atomic E-state index is 0.573. The van der Waals surface area contributed by atoms with Crippen LogP contribution in [0.5, 0.6) is 0 Å². The predicted molar refractivity (Wildman–Crippen MR) is 91.7 cm³/mol. The summed E-state index contributed by atoms with van der Waals surface area (Å²) >= 11 is 5.41. The van der Waals surface area contributed by atoms with Crippen LogP contribution in [0.4, 0.5) is 11.4 Å². The molecule has 0 aliphatic carbocycles. The van der Waals surface area contributed by atoms with Crippen molar-refractivity contribution in [3.63, 3.8) is 0 Å². The maximum absolute atomic E-state index is 6.11. The van der Waals surface area contributed by atoms with E-state index in [2.05, 4.69) is 58.2 Å². The van der Waals surface area contributed by atoms with Crippen molar-refractivity contribution in [1.82, 2.24) is 0 Å². The first-order valence-corrected chi connectivity index (χ1v) is 8.41. The lowest BCUT2D eigenvalue weighted by molar-refractivity contribution is 0.745. The lowest BCUT2D eigenvalue weighted by Crippen LogP contribution is -2.25. The van der Waals surface area contributed by atoms with Gasteiger partial charge in [-0.15, -0.1) is 11.8 Å². The number of likely N-dealkylation sites (N-methyl/N-ethyl adjacent to an activating group) is 1. The molecule has 104 valence electrons. The molecule has 0 saturated carbocycles. The molecule has 0 spiro atoms. The van der Waals surface area contributed by atoms with Gasteiger partial charge in [-0.2, -0.15) is 0 Å². The van der Waals surface area contributed by atoms with Gasteiger partial charge in [-0.25, -0.2) is 0 Å². The fourth-order valence-corrected chi connectivity index (χ4v) is 4.30. The quantitative estimate of drug-likeness (QED) is 0.835. The van der Waals surface area contributed by atoms with Crippen molar-refractivity contribution < 1.29 is 0 Å². The summed E-state index contributed by atoms with van der Waals surface area (Å²) in [6.45, 7) is 0.996. The summed E-state index contributed by atoms with van der Waals surface area (Å²) in [5.74, 6) is 1.73. The number of rotatable bonds is 3. The van der Waals surface area contributed by atoms with Gasteiger partial charge >= 0.3 is 0 Å². The molecule has 4 heteroatoms. The standard InChI is InChI=1S/C16H17BrN2S/c1-19(15-7-6-12(17)8-14(15)18)9-11-10-20-16-5-3-2-4-13(11)16/h2-8,11H,9-10,18H2,1H3. The highest BCUT2D eigenvalue weighted by Gasteiger charge is 2.24. The number of nitrogens with zero attached hydrogens (tertiary/aromatic N) is 1. The highest BCUT2D eigenvalue weighted by atomic mass is 79.9. The van der Waals surface area contributed by atoms with Crippen LogP contribution in [0.2, 0.25) is 0 Å². The third-order valence-electron chi connectivity index (χ3n) is 3.69. The molecule has 2 N–H and O–H groups in total. The monoisotopic (exact) mass is 348 g/mol. The Labute approximate surface area is 132 Å². The molecule has 0 radical (unpaired) electrons. The van der Waals surface area contributed by atoms with E-state index < -0.39 is 0 Å². The average molecular weight is 349 g/mol. The largest absolute Gasteiger partial charge is 0.397 e. The number of halogens is 1. The zero-order valence-electron chi connectivity index (χ0n) is 11.3. The molecule has 1 aliphatic heterocycles. The second kappa shape index (κ2) is 5.70. The molecule has 3 rings (SSSR count). The van der Waals surface area contributed by atoms with Crippen molar-refractivity contribution in [1.29, 1.82) is 0 Å². The Bertz CT molecular complexity index is 630. The maximum Gasteiger partial charge on any atom is 0.0598 e. The van der Waals surface area contributed by atoms with Crippen LogP contribution in [-0.4, -0.2) is 19.3 Å². The topological polar surface area (TPSA) is 29.3 Å². The van der Waals surface area contributed by atoms with E-state index in [-0.39, 0.29) is 0 Å². The van der Waals surface area contributed by atoms with Crippen LogP contribution in [-0.2, 0) is 0 Å². The third-order valence-corrected chi connectivity index (χ3v) is 5.44. The molecule has 0 saturated heterocycles. The zero-order chi connectivity index (χ0) is 14.1. The van der Waals surface area contributed by atoms with Crippen molar-refractivity contribution >= 4 is 39.1 Å². The van der Waals surface area contributed by atoms with Crippen LogP contribution in [0, 0.1) is 0 Å². The van der Waals surface area contributed by atoms with Crippen molar-refractivity contribution in [3.05, 3.63) is 52.5 Å². The van der Waals surface area contributed by atoms with Gasteiger partial charge in [0.15, 0.2) is 0 Å². The van der Waals surface area contributed by atoms with Crippen LogP contribution in [0.15, 0.2) is 51.8 Å². The molecule has 1 atom stereocenters. The number of nitrogens with two attached hydrogens (primary N) is 1. The summed E-state index contributed by atoms with van der Waals surface area (Å²) in [7, 11) is 2.12. The van der Waals surface area contributed by atoms with Gasteiger partial charge in [-0.1, -0.05) is 34.1 Å². The van der Waals surface area contributed by atoms with Crippen LogP contribution in [0.3, 0.4) is 0 Å². The van der Waals surface area contributed by atoms with Crippen molar-refractivity contribution in [2.24, 2.45) is 0 Å². The van der Waals surface area contributed by atoms with Crippen LogP contribution in [0.1, 0.15) is 11.5 Å². The van der Waals surface area contributed by atoms with Crippen molar-refractivity contribution in [2.45, 2.75) is 10.8 Å². The summed E-state index contributed by atoms with van der Waals surface area (Å²) in [6.07, 6.45) is 0. The number of thioether (sulfide) groups is 1. The Hall–Kier alpha value is -1.13. The van der Waals surface area contributed by atoms with Crippen molar-refractivity contribution in [3.8, 4) is 0 Å². The molecule has 2 aromatic carbocycles. The molecule has 1 heterocycles. The van der Waals surface area contributed by atoms with E-state index in [1.165, 1.54) is 10.5 Å². The van der Waals surface area contributed by atoms with E-state index in [0.717, 1.165) is 28.1 Å². The van der Waals surface area contributed by atoms with Gasteiger partial charge in [0.25, 0.3) is 0 Å². The van der Waals surface area contributed by atoms with Gasteiger partial charge < -0.3 is 10.6 Å². The second-order valence-corrected chi connectivity index (χ2v) is 7.11. The normalized spacial score (nSPS) is 17.0. The predicted octanol–water partition coefficient (Wildman–Crippen LogP) is 4.36. The van der Waals surface area contributed by atoms with E-state index in [1.807, 2.05) is 23.9 Å². The highest BCUT2D eigenvalue weighted by Crippen LogP contribution is 2.40. The van der Waals surface area contributed by atoms with Gasteiger partial charge in [0.1, 0.15) is 0 Å². The number of anilines is 2. The fraction of sp³-hybridized carbons (Fsp3) is 0.250. The molecular weight excluding hydrogens is 332 g/mol. The van der Waals surface area contributed by atoms with Gasteiger partial charge in [-0.3, -0.25) is 0 Å². The number of fused-ring (bicyclic) bond motifs is 1.